The molecule has 0 aliphatic heterocycles. The number of halogens is 4. The molecule has 0 fully saturated rings. The Hall–Kier alpha value is -5.03. The number of carboxylic acid groups (broad SMARTS) is 1. The highest BCUT2D eigenvalue weighted by Crippen LogP contribution is 2.47. The van der Waals surface area contributed by atoms with Gasteiger partial charge in [-0.2, -0.15) is 0 Å². The summed E-state index contributed by atoms with van der Waals surface area (Å²) in [5, 5.41) is 13.9. The molecule has 9 rings (SSSR count). The number of aromatic nitrogens is 3. The molecule has 0 unspecified atom stereocenters. The van der Waals surface area contributed by atoms with E-state index in [1.807, 2.05) is 158 Å². The van der Waals surface area contributed by atoms with E-state index in [-0.39, 0.29) is 0 Å². The Morgan fingerprint density at radius 3 is 1.31 bits per heavy atom. The van der Waals surface area contributed by atoms with E-state index in [4.69, 9.17) is 59.0 Å². The van der Waals surface area contributed by atoms with Crippen molar-refractivity contribution in [1.82, 2.24) is 15.0 Å². The molecule has 17 heteroatoms. The van der Waals surface area contributed by atoms with E-state index in [1.54, 1.807) is 36.9 Å². The van der Waals surface area contributed by atoms with E-state index in [2.05, 4.69) is 33.0 Å². The Morgan fingerprint density at radius 1 is 0.592 bits per heavy atom. The third-order valence-corrected chi connectivity index (χ3v) is 15.9. The summed E-state index contributed by atoms with van der Waals surface area (Å²) in [6, 6.07) is 29.1. The largest absolute Gasteiger partial charge is 0.496 e. The molecule has 0 aliphatic rings. The lowest BCUT2D eigenvalue weighted by Gasteiger charge is -2.28. The maximum absolute atomic E-state index is 12.3. The fourth-order valence-corrected chi connectivity index (χ4v) is 12.0. The lowest BCUT2D eigenvalue weighted by Crippen LogP contribution is -2.28. The Kier molecular flexibility index (Phi) is 17.0. The molecule has 10 nitrogen and oxygen atoms in total. The van der Waals surface area contributed by atoms with Gasteiger partial charge in [0.15, 0.2) is 20.3 Å². The number of thiazole rings is 3. The van der Waals surface area contributed by atoms with Crippen LogP contribution in [0.15, 0.2) is 94.9 Å². The van der Waals surface area contributed by atoms with Gasteiger partial charge in [-0.1, -0.05) is 93.9 Å². The zero-order valence-corrected chi connectivity index (χ0v) is 47.6. The number of aliphatic carboxylic acids is 1. The van der Waals surface area contributed by atoms with Crippen LogP contribution in [0.5, 0.6) is 11.5 Å². The third-order valence-electron chi connectivity index (χ3n) is 11.0. The van der Waals surface area contributed by atoms with Crippen LogP contribution < -0.4 is 19.3 Å². The number of hydrogen-bond acceptors (Lipinski definition) is 12. The minimum Gasteiger partial charge on any atom is -0.496 e. The molecule has 0 saturated heterocycles. The fraction of sp³-hybridized carbons (Fsp3) is 0.259. The maximum atomic E-state index is 12.3. The molecular formula is C54H53BrCl3N5O5S3. The summed E-state index contributed by atoms with van der Waals surface area (Å²) in [4.78, 5) is 30.2. The van der Waals surface area contributed by atoms with Crippen LogP contribution >= 0.6 is 84.7 Å². The smallest absolute Gasteiger partial charge is 0.337 e. The number of rotatable bonds is 10. The van der Waals surface area contributed by atoms with Gasteiger partial charge in [-0.05, 0) is 145 Å². The first kappa shape index (κ1) is 53.8. The van der Waals surface area contributed by atoms with Crippen LogP contribution in [-0.4, -0.2) is 74.0 Å². The minimum atomic E-state index is -1.10. The van der Waals surface area contributed by atoms with Crippen molar-refractivity contribution < 1.29 is 24.1 Å². The summed E-state index contributed by atoms with van der Waals surface area (Å²) in [7, 11) is 11.3. The van der Waals surface area contributed by atoms with Crippen LogP contribution in [0.2, 0.25) is 15.1 Å². The van der Waals surface area contributed by atoms with Crippen molar-refractivity contribution in [3.05, 3.63) is 132 Å². The molecule has 0 spiro atoms. The first-order valence-electron chi connectivity index (χ1n) is 22.2. The van der Waals surface area contributed by atoms with E-state index < -0.39 is 17.7 Å². The van der Waals surface area contributed by atoms with E-state index in [1.165, 1.54) is 11.3 Å². The molecule has 0 bridgehead atoms. The second-order valence-corrected chi connectivity index (χ2v) is 23.5. The van der Waals surface area contributed by atoms with Crippen LogP contribution in [0.4, 0.5) is 10.3 Å². The van der Waals surface area contributed by atoms with Gasteiger partial charge in [0.05, 0.1) is 50.5 Å². The molecule has 0 aliphatic carbocycles. The van der Waals surface area contributed by atoms with Crippen LogP contribution in [0, 0.1) is 20.8 Å². The molecule has 1 atom stereocenters. The van der Waals surface area contributed by atoms with E-state index in [9.17, 15) is 9.90 Å². The van der Waals surface area contributed by atoms with Crippen LogP contribution in [-0.2, 0) is 9.53 Å². The lowest BCUT2D eigenvalue weighted by molar-refractivity contribution is -0.160. The Balaban J connectivity index is 0.000000160. The highest BCUT2D eigenvalue weighted by atomic mass is 79.9. The van der Waals surface area contributed by atoms with E-state index >= 15 is 0 Å². The van der Waals surface area contributed by atoms with Crippen LogP contribution in [0.1, 0.15) is 49.1 Å². The van der Waals surface area contributed by atoms with Crippen molar-refractivity contribution in [3.8, 4) is 44.9 Å². The molecule has 0 saturated carbocycles. The first-order chi connectivity index (χ1) is 33.6. The summed E-state index contributed by atoms with van der Waals surface area (Å²) in [6.07, 6.45) is -1.10. The second-order valence-electron chi connectivity index (χ2n) is 17.9. The molecule has 0 amide bonds. The van der Waals surface area contributed by atoms with Gasteiger partial charge in [0.1, 0.15) is 11.5 Å². The molecular weight excluding hydrogens is 1080 g/mol. The highest BCUT2D eigenvalue weighted by molar-refractivity contribution is 9.11. The Morgan fingerprint density at radius 2 is 0.944 bits per heavy atom. The molecule has 370 valence electrons. The summed E-state index contributed by atoms with van der Waals surface area (Å²) < 4.78 is 21.3. The maximum Gasteiger partial charge on any atom is 0.337 e. The molecule has 9 aromatic rings. The lowest BCUT2D eigenvalue weighted by atomic mass is 9.91. The van der Waals surface area contributed by atoms with Crippen molar-refractivity contribution in [2.75, 3.05) is 52.2 Å². The number of benzene rings is 6. The zero-order valence-electron chi connectivity index (χ0n) is 41.3. The van der Waals surface area contributed by atoms with Gasteiger partial charge in [-0.25, -0.2) is 19.7 Å². The topological polar surface area (TPSA) is 110 Å². The zero-order chi connectivity index (χ0) is 51.6. The van der Waals surface area contributed by atoms with Crippen LogP contribution in [0.25, 0.3) is 64.0 Å². The Bertz CT molecular complexity index is 3370. The summed E-state index contributed by atoms with van der Waals surface area (Å²) in [5.41, 5.74) is 11.9. The van der Waals surface area contributed by atoms with Gasteiger partial charge in [0, 0.05) is 65.5 Å². The molecule has 1 N–H and O–H groups in total. The number of hydrogen-bond donors (Lipinski definition) is 1. The molecule has 6 aromatic carbocycles. The van der Waals surface area contributed by atoms with Crippen molar-refractivity contribution in [2.24, 2.45) is 0 Å². The van der Waals surface area contributed by atoms with Crippen molar-refractivity contribution >= 4 is 132 Å². The number of carboxylic acids is 1. The number of carbonyl (C=O) groups is 1. The predicted octanol–water partition coefficient (Wildman–Crippen LogP) is 16.6. The molecule has 3 heterocycles. The van der Waals surface area contributed by atoms with Crippen molar-refractivity contribution in [3.63, 3.8) is 0 Å². The third kappa shape index (κ3) is 12.1. The fourth-order valence-electron chi connectivity index (χ4n) is 8.01. The summed E-state index contributed by atoms with van der Waals surface area (Å²) in [6.45, 7) is 11.6. The second kappa shape index (κ2) is 22.4. The number of nitrogens with zero attached hydrogens (tertiary/aromatic N) is 5. The van der Waals surface area contributed by atoms with Gasteiger partial charge in [0.25, 0.3) is 0 Å². The molecule has 0 radical (unpaired) electrons. The number of ether oxygens (including phenoxy) is 3. The van der Waals surface area contributed by atoms with E-state index in [0.717, 1.165) is 116 Å². The van der Waals surface area contributed by atoms with Gasteiger partial charge >= 0.3 is 5.97 Å². The predicted molar refractivity (Wildman–Crippen MR) is 305 cm³/mol. The standard InChI is InChI=1S/C22H25ClN2O3S.C17H17ClN2OS.C15H11BrClNOS/c1-12-11-15-19(29-21(24-15)25(5)6)17(13-7-9-14(23)10-8-13)16(12)18(20(26)27)28-22(2,3)4;1-10-9-13-16(22-17(19-13)20(2)3)14(15(10)21-4)11-5-7-12(18)8-6-11;1-8-7-11-14(20-15(16)18-11)12(13(8)19-2)9-3-5-10(17)6-4-9/h7-11,18H,1-6H3,(H,26,27);5-9H,1-4H3;3-7H,1-2H3/t18-;;/m0../s1. The number of fused-ring (bicyclic) bond motifs is 3. The van der Waals surface area contributed by atoms with Gasteiger partial charge < -0.3 is 29.1 Å². The number of anilines is 2. The monoisotopic (exact) mass is 1130 g/mol. The van der Waals surface area contributed by atoms with Gasteiger partial charge in [0.2, 0.25) is 0 Å². The number of methoxy groups -OCH3 is 2. The van der Waals surface area contributed by atoms with Gasteiger partial charge in [-0.15, -0.1) is 11.3 Å². The average Bonchev–Trinajstić information content (AvgIpc) is 4.04. The normalized spacial score (nSPS) is 11.8. The van der Waals surface area contributed by atoms with Crippen molar-refractivity contribution in [2.45, 2.75) is 53.2 Å². The Labute approximate surface area is 449 Å². The first-order valence-corrected chi connectivity index (χ1v) is 26.6. The summed E-state index contributed by atoms with van der Waals surface area (Å²) in [5.74, 6) is 0.759. The quantitative estimate of drug-likeness (QED) is 0.142. The molecule has 71 heavy (non-hydrogen) atoms. The summed E-state index contributed by atoms with van der Waals surface area (Å²) >= 11 is 26.4. The average molecular weight is 1130 g/mol. The number of aryl methyl sites for hydroxylation is 3. The molecule has 3 aromatic heterocycles. The highest BCUT2D eigenvalue weighted by Gasteiger charge is 2.32. The minimum absolute atomic E-state index is 0.621. The van der Waals surface area contributed by atoms with E-state index in [0.29, 0.717) is 10.6 Å². The van der Waals surface area contributed by atoms with Gasteiger partial charge in [-0.3, -0.25) is 0 Å². The van der Waals surface area contributed by atoms with Crippen LogP contribution in [0.3, 0.4) is 0 Å². The SMILES string of the molecule is COc1c(C)cc2nc(Br)sc2c1-c1ccc(Cl)cc1.COc1c(C)cc2nc(N(C)C)sc2c1-c1ccc(Cl)cc1.Cc1cc2nc(N(C)C)sc2c(-c2ccc(Cl)cc2)c1[C@H](OC(C)(C)C)C(=O)O. The van der Waals surface area contributed by atoms with Crippen molar-refractivity contribution in [1.29, 1.82) is 0 Å².